The molecule has 3 aromatic rings. The summed E-state index contributed by atoms with van der Waals surface area (Å²) in [6.45, 7) is 9.62. The summed E-state index contributed by atoms with van der Waals surface area (Å²) in [6.07, 6.45) is 6.26. The molecule has 3 aromatic carbocycles. The molecule has 0 radical (unpaired) electrons. The van der Waals surface area contributed by atoms with Gasteiger partial charge in [0, 0.05) is 18.7 Å². The summed E-state index contributed by atoms with van der Waals surface area (Å²) in [5.41, 5.74) is 5.12. The van der Waals surface area contributed by atoms with Gasteiger partial charge < -0.3 is 16.0 Å². The highest BCUT2D eigenvalue weighted by molar-refractivity contribution is 6.01. The summed E-state index contributed by atoms with van der Waals surface area (Å²) in [5, 5.41) is 9.19. The van der Waals surface area contributed by atoms with E-state index in [9.17, 15) is 14.4 Å². The van der Waals surface area contributed by atoms with Crippen LogP contribution >= 0.6 is 0 Å². The van der Waals surface area contributed by atoms with E-state index in [0.29, 0.717) is 43.8 Å². The van der Waals surface area contributed by atoms with E-state index in [-0.39, 0.29) is 23.1 Å². The number of rotatable bonds is 10. The topological polar surface area (TPSA) is 87.3 Å². The fraction of sp³-hybridized carbons (Fsp3) is 0.395. The lowest BCUT2D eigenvalue weighted by atomic mass is 9.75. The fourth-order valence-corrected chi connectivity index (χ4v) is 5.67. The number of allylic oxidation sites excluding steroid dienone is 1. The molecule has 5 rings (SSSR count). The van der Waals surface area contributed by atoms with E-state index in [2.05, 4.69) is 67.1 Å². The minimum absolute atomic E-state index is 0.0632. The summed E-state index contributed by atoms with van der Waals surface area (Å²) in [7, 11) is 0. The van der Waals surface area contributed by atoms with Gasteiger partial charge in [0.2, 0.25) is 11.8 Å². The predicted octanol–water partition coefficient (Wildman–Crippen LogP) is 6.88. The number of benzene rings is 3. The van der Waals surface area contributed by atoms with E-state index in [0.717, 1.165) is 35.1 Å². The van der Waals surface area contributed by atoms with Gasteiger partial charge in [-0.3, -0.25) is 14.4 Å². The van der Waals surface area contributed by atoms with Gasteiger partial charge in [-0.25, -0.2) is 0 Å². The van der Waals surface area contributed by atoms with Crippen molar-refractivity contribution in [3.63, 3.8) is 0 Å². The molecule has 1 fully saturated rings. The van der Waals surface area contributed by atoms with E-state index in [1.165, 1.54) is 5.56 Å². The number of amides is 3. The molecule has 2 atom stereocenters. The van der Waals surface area contributed by atoms with Crippen LogP contribution in [0.5, 0.6) is 0 Å². The van der Waals surface area contributed by atoms with Crippen molar-refractivity contribution in [2.45, 2.75) is 71.3 Å². The van der Waals surface area contributed by atoms with Gasteiger partial charge in [0.15, 0.2) is 0 Å². The van der Waals surface area contributed by atoms with Crippen LogP contribution in [0, 0.1) is 11.3 Å². The van der Waals surface area contributed by atoms with Crippen LogP contribution in [0.2, 0.25) is 0 Å². The molecule has 0 aromatic heterocycles. The van der Waals surface area contributed by atoms with Crippen molar-refractivity contribution >= 4 is 17.7 Å². The molecule has 1 unspecified atom stereocenters. The van der Waals surface area contributed by atoms with Crippen LogP contribution in [0.1, 0.15) is 87.3 Å². The molecule has 2 aliphatic carbocycles. The van der Waals surface area contributed by atoms with Crippen molar-refractivity contribution in [1.29, 1.82) is 0 Å². The van der Waals surface area contributed by atoms with Gasteiger partial charge >= 0.3 is 0 Å². The van der Waals surface area contributed by atoms with Crippen molar-refractivity contribution < 1.29 is 14.4 Å². The first-order chi connectivity index (χ1) is 21.0. The average Bonchev–Trinajstić information content (AvgIpc) is 3.87. The standard InChI is InChI=1S/C38H45N3O3/c1-37(2,3)30-18-16-28(17-19-30)31-12-8-9-13-32(31)34(42)39-25-27-20-22-38(4,23-21-27)36(44)41-33(29-10-6-5-7-11-29)35(43)40-24-26-14-15-26/h5-13,16-20,26,33H,14-15,21-25H2,1-4H3,(H,39,42)(H,40,43)(H,41,44)/t33-,38?/m0/s1. The van der Waals surface area contributed by atoms with Crippen molar-refractivity contribution in [3.8, 4) is 11.1 Å². The normalized spacial score (nSPS) is 19.0. The Kier molecular flexibility index (Phi) is 9.38. The third-order valence-corrected chi connectivity index (χ3v) is 9.03. The lowest BCUT2D eigenvalue weighted by Crippen LogP contribution is -2.47. The molecule has 3 N–H and O–H groups in total. The van der Waals surface area contributed by atoms with E-state index >= 15 is 0 Å². The Bertz CT molecular complexity index is 1520. The van der Waals surface area contributed by atoms with E-state index in [1.54, 1.807) is 0 Å². The monoisotopic (exact) mass is 591 g/mol. The highest BCUT2D eigenvalue weighted by atomic mass is 16.2. The molecular weight excluding hydrogens is 546 g/mol. The second-order valence-corrected chi connectivity index (χ2v) is 13.7. The molecule has 0 spiro atoms. The highest BCUT2D eigenvalue weighted by Crippen LogP contribution is 2.36. The third-order valence-electron chi connectivity index (χ3n) is 9.03. The van der Waals surface area contributed by atoms with Gasteiger partial charge in [0.25, 0.3) is 5.91 Å². The maximum Gasteiger partial charge on any atom is 0.252 e. The lowest BCUT2D eigenvalue weighted by Gasteiger charge is -2.33. The molecule has 230 valence electrons. The molecule has 2 aliphatic rings. The Morgan fingerprint density at radius 2 is 1.57 bits per heavy atom. The van der Waals surface area contributed by atoms with Crippen LogP contribution in [-0.2, 0) is 15.0 Å². The number of carbonyl (C=O) groups is 3. The molecule has 0 heterocycles. The van der Waals surface area contributed by atoms with E-state index < -0.39 is 11.5 Å². The second kappa shape index (κ2) is 13.2. The molecule has 0 aliphatic heterocycles. The van der Waals surface area contributed by atoms with Gasteiger partial charge in [0.05, 0.1) is 5.41 Å². The fourth-order valence-electron chi connectivity index (χ4n) is 5.67. The largest absolute Gasteiger partial charge is 0.354 e. The molecule has 6 nitrogen and oxygen atoms in total. The molecule has 44 heavy (non-hydrogen) atoms. The first kappa shape index (κ1) is 31.2. The number of hydrogen-bond donors (Lipinski definition) is 3. The Balaban J connectivity index is 1.20. The van der Waals surface area contributed by atoms with Crippen LogP contribution in [0.25, 0.3) is 11.1 Å². The Morgan fingerprint density at radius 1 is 0.886 bits per heavy atom. The van der Waals surface area contributed by atoms with Gasteiger partial charge in [-0.15, -0.1) is 0 Å². The average molecular weight is 592 g/mol. The Morgan fingerprint density at radius 3 is 2.20 bits per heavy atom. The smallest absolute Gasteiger partial charge is 0.252 e. The maximum absolute atomic E-state index is 13.6. The number of carbonyl (C=O) groups excluding carboxylic acids is 3. The SMILES string of the molecule is CC1(C(=O)N[C@H](C(=O)NCC2CC2)c2ccccc2)CC=C(CNC(=O)c2ccccc2-c2ccc(C(C)(C)C)cc2)CC1. The van der Waals surface area contributed by atoms with Crippen LogP contribution < -0.4 is 16.0 Å². The van der Waals surface area contributed by atoms with Crippen LogP contribution in [-0.4, -0.2) is 30.8 Å². The minimum atomic E-state index is -0.728. The first-order valence-corrected chi connectivity index (χ1v) is 15.8. The first-order valence-electron chi connectivity index (χ1n) is 15.8. The van der Waals surface area contributed by atoms with Gasteiger partial charge in [0.1, 0.15) is 6.04 Å². The van der Waals surface area contributed by atoms with Crippen LogP contribution in [0.3, 0.4) is 0 Å². The molecule has 6 heteroatoms. The maximum atomic E-state index is 13.6. The van der Waals surface area contributed by atoms with Crippen molar-refractivity contribution in [2.75, 3.05) is 13.1 Å². The quantitative estimate of drug-likeness (QED) is 0.225. The van der Waals surface area contributed by atoms with Crippen LogP contribution in [0.15, 0.2) is 90.5 Å². The summed E-state index contributed by atoms with van der Waals surface area (Å²) in [5.74, 6) is 0.147. The van der Waals surface area contributed by atoms with Crippen molar-refractivity contribution in [3.05, 3.63) is 107 Å². The summed E-state index contributed by atoms with van der Waals surface area (Å²) in [4.78, 5) is 40.0. The summed E-state index contributed by atoms with van der Waals surface area (Å²) < 4.78 is 0. The van der Waals surface area contributed by atoms with E-state index in [1.807, 2.05) is 61.5 Å². The Hall–Kier alpha value is -4.19. The zero-order chi connectivity index (χ0) is 31.3. The Labute approximate surface area is 261 Å². The van der Waals surface area contributed by atoms with Crippen molar-refractivity contribution in [1.82, 2.24) is 16.0 Å². The molecular formula is C38H45N3O3. The summed E-state index contributed by atoms with van der Waals surface area (Å²) >= 11 is 0. The second-order valence-electron chi connectivity index (χ2n) is 13.7. The molecule has 1 saturated carbocycles. The van der Waals surface area contributed by atoms with Crippen LogP contribution in [0.4, 0.5) is 0 Å². The zero-order valence-electron chi connectivity index (χ0n) is 26.4. The number of nitrogens with one attached hydrogen (secondary N) is 3. The minimum Gasteiger partial charge on any atom is -0.354 e. The highest BCUT2D eigenvalue weighted by Gasteiger charge is 2.37. The zero-order valence-corrected chi connectivity index (χ0v) is 26.4. The lowest BCUT2D eigenvalue weighted by molar-refractivity contribution is -0.135. The van der Waals surface area contributed by atoms with E-state index in [4.69, 9.17) is 0 Å². The third kappa shape index (κ3) is 7.65. The number of hydrogen-bond acceptors (Lipinski definition) is 3. The van der Waals surface area contributed by atoms with Crippen molar-refractivity contribution in [2.24, 2.45) is 11.3 Å². The summed E-state index contributed by atoms with van der Waals surface area (Å²) in [6, 6.07) is 24.8. The molecule has 3 amide bonds. The predicted molar refractivity (Wildman–Crippen MR) is 176 cm³/mol. The van der Waals surface area contributed by atoms with Gasteiger partial charge in [-0.05, 0) is 71.8 Å². The van der Waals surface area contributed by atoms with Gasteiger partial charge in [-0.2, -0.15) is 0 Å². The van der Waals surface area contributed by atoms with Gasteiger partial charge in [-0.1, -0.05) is 112 Å². The molecule has 0 saturated heterocycles. The molecule has 0 bridgehead atoms.